The number of alkyl halides is 3. The average molecular weight is 276 g/mol. The first-order valence-electron chi connectivity index (χ1n) is 6.06. The molecule has 2 heterocycles. The van der Waals surface area contributed by atoms with E-state index in [1.165, 1.54) is 12.3 Å². The average Bonchev–Trinajstić information content (AvgIpc) is 2.33. The van der Waals surface area contributed by atoms with Gasteiger partial charge < -0.3 is 10.1 Å². The van der Waals surface area contributed by atoms with Gasteiger partial charge in [-0.15, -0.1) is 0 Å². The summed E-state index contributed by atoms with van der Waals surface area (Å²) in [6, 6.07) is 1.27. The Balaban J connectivity index is 1.92. The van der Waals surface area contributed by atoms with Gasteiger partial charge in [0.25, 0.3) is 0 Å². The monoisotopic (exact) mass is 276 g/mol. The lowest BCUT2D eigenvalue weighted by atomic mass is 9.96. The second kappa shape index (κ2) is 5.24. The van der Waals surface area contributed by atoms with Gasteiger partial charge in [-0.25, -0.2) is 0 Å². The summed E-state index contributed by atoms with van der Waals surface area (Å²) < 4.78 is 37.5. The highest BCUT2D eigenvalue weighted by Crippen LogP contribution is 2.34. The maximum absolute atomic E-state index is 12.5. The molecule has 2 rings (SSSR count). The summed E-state index contributed by atoms with van der Waals surface area (Å²) in [6.45, 7) is 1.10. The Labute approximate surface area is 107 Å². The maximum Gasteiger partial charge on any atom is 0.391 e. The topological polar surface area (TPSA) is 56.3 Å². The standard InChI is InChI=1S/C12H15F3N2O2/c13-12(14,15)8-1-3-17(4-2-8)7-9-5-10(18)11(19)6-16-9/h5-6,8,19H,1-4,7H2,(H,16,18). The Hall–Kier alpha value is -1.50. The molecule has 0 unspecified atom stereocenters. The van der Waals surface area contributed by atoms with E-state index in [4.69, 9.17) is 5.11 Å². The van der Waals surface area contributed by atoms with Crippen LogP contribution in [0.1, 0.15) is 18.5 Å². The molecule has 106 valence electrons. The van der Waals surface area contributed by atoms with Gasteiger partial charge >= 0.3 is 6.18 Å². The van der Waals surface area contributed by atoms with Crippen molar-refractivity contribution in [3.8, 4) is 5.75 Å². The molecule has 1 aromatic heterocycles. The number of hydrogen-bond donors (Lipinski definition) is 2. The third-order valence-electron chi connectivity index (χ3n) is 3.40. The van der Waals surface area contributed by atoms with Gasteiger partial charge in [0.15, 0.2) is 5.75 Å². The van der Waals surface area contributed by atoms with Crippen LogP contribution in [0.25, 0.3) is 0 Å². The SMILES string of the molecule is O=c1cc(CN2CCC(C(F)(F)F)CC2)[nH]cc1O. The summed E-state index contributed by atoms with van der Waals surface area (Å²) in [5.41, 5.74) is 0.104. The van der Waals surface area contributed by atoms with Crippen molar-refractivity contribution < 1.29 is 18.3 Å². The molecule has 0 radical (unpaired) electrons. The minimum atomic E-state index is -4.11. The van der Waals surface area contributed by atoms with E-state index in [0.29, 0.717) is 25.3 Å². The van der Waals surface area contributed by atoms with Crippen LogP contribution >= 0.6 is 0 Å². The van der Waals surface area contributed by atoms with Gasteiger partial charge in [0.05, 0.1) is 5.92 Å². The molecule has 1 saturated heterocycles. The van der Waals surface area contributed by atoms with E-state index in [1.807, 2.05) is 4.90 Å². The molecule has 7 heteroatoms. The van der Waals surface area contributed by atoms with E-state index in [1.54, 1.807) is 0 Å². The zero-order valence-corrected chi connectivity index (χ0v) is 10.2. The Morgan fingerprint density at radius 1 is 1.37 bits per heavy atom. The van der Waals surface area contributed by atoms with Gasteiger partial charge in [0, 0.05) is 24.5 Å². The number of pyridine rings is 1. The van der Waals surface area contributed by atoms with E-state index >= 15 is 0 Å². The molecule has 19 heavy (non-hydrogen) atoms. The Bertz CT molecular complexity index is 490. The Morgan fingerprint density at radius 3 is 2.53 bits per heavy atom. The summed E-state index contributed by atoms with van der Waals surface area (Å²) in [6.07, 6.45) is -2.74. The number of likely N-dealkylation sites (tertiary alicyclic amines) is 1. The zero-order chi connectivity index (χ0) is 14.0. The molecule has 1 aromatic rings. The molecule has 0 amide bonds. The van der Waals surface area contributed by atoms with Crippen molar-refractivity contribution in [2.24, 2.45) is 5.92 Å². The molecule has 2 N–H and O–H groups in total. The van der Waals surface area contributed by atoms with Crippen molar-refractivity contribution in [1.29, 1.82) is 0 Å². The summed E-state index contributed by atoms with van der Waals surface area (Å²) in [4.78, 5) is 15.8. The van der Waals surface area contributed by atoms with Crippen LogP contribution in [-0.4, -0.2) is 34.3 Å². The normalized spacial score (nSPS) is 18.7. The number of rotatable bonds is 2. The third kappa shape index (κ3) is 3.50. The van der Waals surface area contributed by atoms with Crippen LogP contribution in [-0.2, 0) is 6.54 Å². The van der Waals surface area contributed by atoms with Crippen LogP contribution in [0.2, 0.25) is 0 Å². The molecule has 1 aliphatic heterocycles. The molecule has 4 nitrogen and oxygen atoms in total. The van der Waals surface area contributed by atoms with E-state index < -0.39 is 17.5 Å². The predicted octanol–water partition coefficient (Wildman–Crippen LogP) is 1.85. The largest absolute Gasteiger partial charge is 0.503 e. The van der Waals surface area contributed by atoms with Crippen LogP contribution in [0.3, 0.4) is 0 Å². The van der Waals surface area contributed by atoms with Crippen LogP contribution in [0.4, 0.5) is 13.2 Å². The molecular formula is C12H15F3N2O2. The highest BCUT2D eigenvalue weighted by Gasteiger charge is 2.40. The number of aromatic nitrogens is 1. The summed E-state index contributed by atoms with van der Waals surface area (Å²) >= 11 is 0. The highest BCUT2D eigenvalue weighted by atomic mass is 19.4. The van der Waals surface area contributed by atoms with Gasteiger partial charge in [-0.1, -0.05) is 0 Å². The number of nitrogens with zero attached hydrogens (tertiary/aromatic N) is 1. The van der Waals surface area contributed by atoms with Crippen molar-refractivity contribution in [3.63, 3.8) is 0 Å². The Kier molecular flexibility index (Phi) is 3.84. The van der Waals surface area contributed by atoms with Crippen molar-refractivity contribution in [1.82, 2.24) is 9.88 Å². The molecule has 0 bridgehead atoms. The summed E-state index contributed by atoms with van der Waals surface area (Å²) in [5.74, 6) is -1.58. The first-order chi connectivity index (χ1) is 8.86. The van der Waals surface area contributed by atoms with Gasteiger partial charge in [0.1, 0.15) is 0 Å². The van der Waals surface area contributed by atoms with Crippen LogP contribution < -0.4 is 5.43 Å². The minimum Gasteiger partial charge on any atom is -0.503 e. The zero-order valence-electron chi connectivity index (χ0n) is 10.2. The molecule has 0 aromatic carbocycles. The number of hydrogen-bond acceptors (Lipinski definition) is 3. The lowest BCUT2D eigenvalue weighted by Gasteiger charge is -2.32. The fourth-order valence-corrected chi connectivity index (χ4v) is 2.26. The Morgan fingerprint density at radius 2 is 2.00 bits per heavy atom. The van der Waals surface area contributed by atoms with Crippen LogP contribution in [0.15, 0.2) is 17.1 Å². The number of nitrogens with one attached hydrogen (secondary N) is 1. The molecule has 0 saturated carbocycles. The van der Waals surface area contributed by atoms with Crippen LogP contribution in [0.5, 0.6) is 5.75 Å². The number of halogens is 3. The van der Waals surface area contributed by atoms with E-state index in [0.717, 1.165) is 0 Å². The number of H-pyrrole nitrogens is 1. The van der Waals surface area contributed by atoms with Gasteiger partial charge in [-0.05, 0) is 25.9 Å². The summed E-state index contributed by atoms with van der Waals surface area (Å²) in [5, 5.41) is 9.09. The highest BCUT2D eigenvalue weighted by molar-refractivity contribution is 5.18. The molecular weight excluding hydrogens is 261 g/mol. The van der Waals surface area contributed by atoms with E-state index in [-0.39, 0.29) is 18.6 Å². The van der Waals surface area contributed by atoms with Crippen LogP contribution in [0, 0.1) is 5.92 Å². The van der Waals surface area contributed by atoms with Gasteiger partial charge in [0.2, 0.25) is 5.43 Å². The smallest absolute Gasteiger partial charge is 0.391 e. The van der Waals surface area contributed by atoms with Crippen molar-refractivity contribution >= 4 is 0 Å². The van der Waals surface area contributed by atoms with Crippen molar-refractivity contribution in [2.75, 3.05) is 13.1 Å². The lowest BCUT2D eigenvalue weighted by Crippen LogP contribution is -2.38. The first kappa shape index (κ1) is 13.9. The number of piperidine rings is 1. The fraction of sp³-hybridized carbons (Fsp3) is 0.583. The first-order valence-corrected chi connectivity index (χ1v) is 6.06. The maximum atomic E-state index is 12.5. The minimum absolute atomic E-state index is 0.0891. The predicted molar refractivity (Wildman–Crippen MR) is 62.8 cm³/mol. The fourth-order valence-electron chi connectivity index (χ4n) is 2.26. The van der Waals surface area contributed by atoms with Crippen molar-refractivity contribution in [3.05, 3.63) is 28.2 Å². The molecule has 0 atom stereocenters. The molecule has 1 fully saturated rings. The van der Waals surface area contributed by atoms with Crippen molar-refractivity contribution in [2.45, 2.75) is 25.6 Å². The lowest BCUT2D eigenvalue weighted by molar-refractivity contribution is -0.185. The second-order valence-corrected chi connectivity index (χ2v) is 4.80. The summed E-state index contributed by atoms with van der Waals surface area (Å²) in [7, 11) is 0. The quantitative estimate of drug-likeness (QED) is 0.866. The number of aromatic hydroxyl groups is 1. The van der Waals surface area contributed by atoms with Gasteiger partial charge in [-0.3, -0.25) is 9.69 Å². The van der Waals surface area contributed by atoms with E-state index in [9.17, 15) is 18.0 Å². The van der Waals surface area contributed by atoms with Gasteiger partial charge in [-0.2, -0.15) is 13.2 Å². The third-order valence-corrected chi connectivity index (χ3v) is 3.40. The second-order valence-electron chi connectivity index (χ2n) is 4.80. The number of aromatic amines is 1. The molecule has 1 aliphatic rings. The molecule has 0 spiro atoms. The molecule has 0 aliphatic carbocycles. The van der Waals surface area contributed by atoms with E-state index in [2.05, 4.69) is 4.98 Å².